The van der Waals surface area contributed by atoms with Crippen molar-refractivity contribution >= 4 is 17.6 Å². The van der Waals surface area contributed by atoms with E-state index in [-0.39, 0.29) is 0 Å². The van der Waals surface area contributed by atoms with Gasteiger partial charge in [0.25, 0.3) is 0 Å². The first-order valence-electron chi connectivity index (χ1n) is 6.18. The van der Waals surface area contributed by atoms with Gasteiger partial charge in [0.05, 0.1) is 5.41 Å². The van der Waals surface area contributed by atoms with Crippen LogP contribution < -0.4 is 0 Å². The van der Waals surface area contributed by atoms with E-state index >= 15 is 0 Å². The fourth-order valence-corrected chi connectivity index (χ4v) is 2.99. The van der Waals surface area contributed by atoms with Gasteiger partial charge in [-0.2, -0.15) is 0 Å². The van der Waals surface area contributed by atoms with Crippen molar-refractivity contribution in [3.63, 3.8) is 0 Å². The minimum atomic E-state index is -0.801. The van der Waals surface area contributed by atoms with E-state index in [1.54, 1.807) is 0 Å². The topological polar surface area (TPSA) is 37.3 Å². The van der Waals surface area contributed by atoms with Gasteiger partial charge in [0.1, 0.15) is 0 Å². The van der Waals surface area contributed by atoms with Crippen molar-refractivity contribution in [3.05, 3.63) is 46.5 Å². The molecule has 1 aliphatic rings. The number of aryl methyl sites for hydroxylation is 1. The summed E-state index contributed by atoms with van der Waals surface area (Å²) in [5.74, 6) is -0.743. The summed E-state index contributed by atoms with van der Waals surface area (Å²) in [5, 5.41) is 9.71. The van der Waals surface area contributed by atoms with E-state index in [2.05, 4.69) is 0 Å². The number of carbonyl (C=O) groups is 1. The van der Waals surface area contributed by atoms with Gasteiger partial charge in [-0.3, -0.25) is 4.79 Å². The standard InChI is InChI=1S/C15H17ClO2/c1-11(10-16)9-15(14(17)18)8-4-6-12-5-2-3-7-13(12)15/h2-3,5,7,10H,4,6,8-9H2,1H3,(H,17,18)/b11-10-. The third-order valence-electron chi connectivity index (χ3n) is 3.76. The van der Waals surface area contributed by atoms with E-state index in [9.17, 15) is 9.90 Å². The zero-order valence-corrected chi connectivity index (χ0v) is 11.2. The zero-order chi connectivity index (χ0) is 13.2. The minimum absolute atomic E-state index is 0.489. The Labute approximate surface area is 112 Å². The van der Waals surface area contributed by atoms with Gasteiger partial charge in [0, 0.05) is 5.54 Å². The first-order chi connectivity index (χ1) is 8.60. The number of carboxylic acids is 1. The SMILES string of the molecule is C/C(=C/Cl)CC1(C(=O)O)CCCc2ccccc21. The van der Waals surface area contributed by atoms with Gasteiger partial charge in [0.2, 0.25) is 0 Å². The van der Waals surface area contributed by atoms with Crippen LogP contribution in [0.2, 0.25) is 0 Å². The van der Waals surface area contributed by atoms with Gasteiger partial charge >= 0.3 is 5.97 Å². The maximum Gasteiger partial charge on any atom is 0.314 e. The minimum Gasteiger partial charge on any atom is -0.481 e. The number of halogens is 1. The summed E-state index contributed by atoms with van der Waals surface area (Å²) in [5.41, 5.74) is 3.72. The maximum atomic E-state index is 11.8. The summed E-state index contributed by atoms with van der Waals surface area (Å²) in [6.07, 6.45) is 3.05. The molecule has 0 aliphatic heterocycles. The van der Waals surface area contributed by atoms with Crippen LogP contribution in [0, 0.1) is 0 Å². The van der Waals surface area contributed by atoms with Crippen LogP contribution in [0.15, 0.2) is 35.4 Å². The van der Waals surface area contributed by atoms with Crippen LogP contribution in [-0.4, -0.2) is 11.1 Å². The predicted octanol–water partition coefficient (Wildman–Crippen LogP) is 3.88. The Hall–Kier alpha value is -1.28. The summed E-state index contributed by atoms with van der Waals surface area (Å²) in [6.45, 7) is 1.88. The predicted molar refractivity (Wildman–Crippen MR) is 72.9 cm³/mol. The molecule has 3 heteroatoms. The lowest BCUT2D eigenvalue weighted by Crippen LogP contribution is -2.39. The van der Waals surface area contributed by atoms with Gasteiger partial charge in [-0.05, 0) is 43.7 Å². The van der Waals surface area contributed by atoms with Crippen LogP contribution in [0.25, 0.3) is 0 Å². The molecule has 0 aromatic heterocycles. The molecule has 1 aromatic rings. The van der Waals surface area contributed by atoms with Crippen LogP contribution in [0.4, 0.5) is 0 Å². The van der Waals surface area contributed by atoms with E-state index in [0.717, 1.165) is 29.5 Å². The number of allylic oxidation sites excluding steroid dienone is 1. The second kappa shape index (κ2) is 5.15. The molecule has 2 nitrogen and oxygen atoms in total. The summed E-state index contributed by atoms with van der Waals surface area (Å²) in [4.78, 5) is 11.8. The molecule has 0 spiro atoms. The number of hydrogen-bond acceptors (Lipinski definition) is 1. The monoisotopic (exact) mass is 264 g/mol. The molecule has 0 bridgehead atoms. The number of aliphatic carboxylic acids is 1. The van der Waals surface area contributed by atoms with Crippen molar-refractivity contribution in [1.82, 2.24) is 0 Å². The van der Waals surface area contributed by atoms with E-state index in [4.69, 9.17) is 11.6 Å². The Kier molecular flexibility index (Phi) is 3.76. The van der Waals surface area contributed by atoms with Crippen molar-refractivity contribution in [2.75, 3.05) is 0 Å². The van der Waals surface area contributed by atoms with Crippen molar-refractivity contribution in [2.24, 2.45) is 0 Å². The average molecular weight is 265 g/mol. The second-order valence-electron chi connectivity index (χ2n) is 5.03. The molecule has 0 saturated carbocycles. The number of hydrogen-bond donors (Lipinski definition) is 1. The van der Waals surface area contributed by atoms with Crippen LogP contribution >= 0.6 is 11.6 Å². The molecule has 1 N–H and O–H groups in total. The summed E-state index contributed by atoms with van der Waals surface area (Å²) >= 11 is 5.71. The summed E-state index contributed by atoms with van der Waals surface area (Å²) in [7, 11) is 0. The Bertz CT molecular complexity index is 493. The fraction of sp³-hybridized carbons (Fsp3) is 0.400. The highest BCUT2D eigenvalue weighted by atomic mass is 35.5. The van der Waals surface area contributed by atoms with Crippen LogP contribution in [-0.2, 0) is 16.6 Å². The normalized spacial score (nSPS) is 23.6. The molecule has 18 heavy (non-hydrogen) atoms. The lowest BCUT2D eigenvalue weighted by atomic mass is 9.67. The van der Waals surface area contributed by atoms with E-state index in [0.29, 0.717) is 12.8 Å². The van der Waals surface area contributed by atoms with Crippen LogP contribution in [0.3, 0.4) is 0 Å². The molecule has 1 aliphatic carbocycles. The summed E-state index contributed by atoms with van der Waals surface area (Å²) in [6, 6.07) is 7.87. The Morgan fingerprint density at radius 2 is 2.22 bits per heavy atom. The molecule has 0 saturated heterocycles. The van der Waals surface area contributed by atoms with Gasteiger partial charge in [-0.15, -0.1) is 0 Å². The fourth-order valence-electron chi connectivity index (χ4n) is 2.92. The lowest BCUT2D eigenvalue weighted by Gasteiger charge is -2.35. The molecule has 0 heterocycles. The smallest absolute Gasteiger partial charge is 0.314 e. The average Bonchev–Trinajstić information content (AvgIpc) is 2.38. The highest BCUT2D eigenvalue weighted by molar-refractivity contribution is 6.25. The van der Waals surface area contributed by atoms with Crippen molar-refractivity contribution < 1.29 is 9.90 Å². The zero-order valence-electron chi connectivity index (χ0n) is 10.4. The lowest BCUT2D eigenvalue weighted by molar-refractivity contribution is -0.144. The van der Waals surface area contributed by atoms with Gasteiger partial charge < -0.3 is 5.11 Å². The van der Waals surface area contributed by atoms with E-state index in [1.165, 1.54) is 5.54 Å². The molecule has 1 unspecified atom stereocenters. The quantitative estimate of drug-likeness (QED) is 0.900. The summed E-state index contributed by atoms with van der Waals surface area (Å²) < 4.78 is 0. The molecule has 0 radical (unpaired) electrons. The molecule has 0 amide bonds. The van der Waals surface area contributed by atoms with E-state index < -0.39 is 11.4 Å². The van der Waals surface area contributed by atoms with Crippen LogP contribution in [0.1, 0.15) is 37.3 Å². The Morgan fingerprint density at radius 1 is 1.50 bits per heavy atom. The Morgan fingerprint density at radius 3 is 2.89 bits per heavy atom. The van der Waals surface area contributed by atoms with Gasteiger partial charge in [-0.25, -0.2) is 0 Å². The number of benzene rings is 1. The third kappa shape index (κ3) is 2.17. The molecule has 96 valence electrons. The third-order valence-corrected chi connectivity index (χ3v) is 4.13. The van der Waals surface area contributed by atoms with Crippen molar-refractivity contribution in [3.8, 4) is 0 Å². The van der Waals surface area contributed by atoms with Crippen molar-refractivity contribution in [1.29, 1.82) is 0 Å². The first kappa shape index (κ1) is 13.2. The molecule has 2 rings (SSSR count). The number of fused-ring (bicyclic) bond motifs is 1. The maximum absolute atomic E-state index is 11.8. The number of rotatable bonds is 3. The molecular formula is C15H17ClO2. The largest absolute Gasteiger partial charge is 0.481 e. The number of carboxylic acid groups (broad SMARTS) is 1. The van der Waals surface area contributed by atoms with E-state index in [1.807, 2.05) is 31.2 Å². The molecular weight excluding hydrogens is 248 g/mol. The molecule has 1 atom stereocenters. The highest BCUT2D eigenvalue weighted by Gasteiger charge is 2.43. The Balaban J connectivity index is 2.53. The molecule has 0 fully saturated rings. The first-order valence-corrected chi connectivity index (χ1v) is 6.61. The van der Waals surface area contributed by atoms with Gasteiger partial charge in [-0.1, -0.05) is 41.4 Å². The highest BCUT2D eigenvalue weighted by Crippen LogP contribution is 2.42. The van der Waals surface area contributed by atoms with Crippen LogP contribution in [0.5, 0.6) is 0 Å². The second-order valence-corrected chi connectivity index (χ2v) is 5.25. The van der Waals surface area contributed by atoms with Gasteiger partial charge in [0.15, 0.2) is 0 Å². The molecule has 1 aromatic carbocycles. The van der Waals surface area contributed by atoms with Crippen molar-refractivity contribution in [2.45, 2.75) is 38.0 Å².